The molecule has 0 aliphatic carbocycles. The number of hydrogen-bond acceptors (Lipinski definition) is 4. The van der Waals surface area contributed by atoms with Gasteiger partial charge in [-0.1, -0.05) is 13.0 Å². The lowest BCUT2D eigenvalue weighted by Crippen LogP contribution is -2.38. The Hall–Kier alpha value is -2.76. The first kappa shape index (κ1) is 20.6. The standard InChI is InChI=1S/C21H26FNO4/c1-4-18(27-17-10-8-16(22)9-11-17)21(24)23-13-5-6-15-7-12-19(25-2)20(14-15)26-3/h7-12,14,18H,4-6,13H2,1-3H3,(H,23,24). The minimum Gasteiger partial charge on any atom is -0.493 e. The highest BCUT2D eigenvalue weighted by atomic mass is 19.1. The van der Waals surface area contributed by atoms with Crippen LogP contribution in [-0.4, -0.2) is 32.8 Å². The minimum atomic E-state index is -0.600. The zero-order chi connectivity index (χ0) is 19.6. The molecule has 0 radical (unpaired) electrons. The molecule has 5 nitrogen and oxygen atoms in total. The molecule has 1 unspecified atom stereocenters. The van der Waals surface area contributed by atoms with Crippen LogP contribution in [-0.2, 0) is 11.2 Å². The lowest BCUT2D eigenvalue weighted by atomic mass is 10.1. The maximum absolute atomic E-state index is 13.0. The lowest BCUT2D eigenvalue weighted by molar-refractivity contribution is -0.128. The first-order valence-corrected chi connectivity index (χ1v) is 8.98. The topological polar surface area (TPSA) is 56.8 Å². The summed E-state index contributed by atoms with van der Waals surface area (Å²) in [6, 6.07) is 11.4. The second-order valence-electron chi connectivity index (χ2n) is 6.05. The van der Waals surface area contributed by atoms with Crippen molar-refractivity contribution in [1.82, 2.24) is 5.32 Å². The first-order chi connectivity index (χ1) is 13.1. The van der Waals surface area contributed by atoms with Gasteiger partial charge in [0.1, 0.15) is 11.6 Å². The van der Waals surface area contributed by atoms with E-state index in [-0.39, 0.29) is 11.7 Å². The van der Waals surface area contributed by atoms with Gasteiger partial charge in [-0.25, -0.2) is 4.39 Å². The van der Waals surface area contributed by atoms with Crippen LogP contribution in [0.15, 0.2) is 42.5 Å². The van der Waals surface area contributed by atoms with E-state index in [4.69, 9.17) is 14.2 Å². The summed E-state index contributed by atoms with van der Waals surface area (Å²) in [6.45, 7) is 2.41. The number of ether oxygens (including phenoxy) is 3. The molecule has 2 aromatic carbocycles. The van der Waals surface area contributed by atoms with Gasteiger partial charge in [-0.2, -0.15) is 0 Å². The van der Waals surface area contributed by atoms with Crippen molar-refractivity contribution in [2.45, 2.75) is 32.3 Å². The molecule has 2 aromatic rings. The molecule has 1 atom stereocenters. The van der Waals surface area contributed by atoms with Gasteiger partial charge in [-0.15, -0.1) is 0 Å². The van der Waals surface area contributed by atoms with Crippen LogP contribution in [0.5, 0.6) is 17.2 Å². The van der Waals surface area contributed by atoms with Gasteiger partial charge < -0.3 is 19.5 Å². The Balaban J connectivity index is 1.79. The molecule has 0 aliphatic heterocycles. The van der Waals surface area contributed by atoms with Crippen LogP contribution in [0, 0.1) is 5.82 Å². The summed E-state index contributed by atoms with van der Waals surface area (Å²) in [4.78, 5) is 12.3. The molecule has 0 saturated carbocycles. The fraction of sp³-hybridized carbons (Fsp3) is 0.381. The summed E-state index contributed by atoms with van der Waals surface area (Å²) >= 11 is 0. The van der Waals surface area contributed by atoms with Crippen LogP contribution in [0.4, 0.5) is 4.39 Å². The van der Waals surface area contributed by atoms with Crippen LogP contribution in [0.1, 0.15) is 25.3 Å². The second-order valence-corrected chi connectivity index (χ2v) is 6.05. The third-order valence-electron chi connectivity index (χ3n) is 4.14. The molecular weight excluding hydrogens is 349 g/mol. The smallest absolute Gasteiger partial charge is 0.261 e. The molecule has 1 amide bonds. The monoisotopic (exact) mass is 375 g/mol. The number of halogens is 1. The van der Waals surface area contributed by atoms with E-state index >= 15 is 0 Å². The SMILES string of the molecule is CCC(Oc1ccc(F)cc1)C(=O)NCCCc1ccc(OC)c(OC)c1. The molecule has 6 heteroatoms. The molecule has 0 bridgehead atoms. The van der Waals surface area contributed by atoms with Crippen molar-refractivity contribution in [2.24, 2.45) is 0 Å². The first-order valence-electron chi connectivity index (χ1n) is 8.98. The second kappa shape index (κ2) is 10.4. The average Bonchev–Trinajstić information content (AvgIpc) is 2.70. The average molecular weight is 375 g/mol. The predicted octanol–water partition coefficient (Wildman–Crippen LogP) is 3.75. The number of amides is 1. The quantitative estimate of drug-likeness (QED) is 0.643. The molecule has 0 aliphatic rings. The highest BCUT2D eigenvalue weighted by Gasteiger charge is 2.17. The van der Waals surface area contributed by atoms with Gasteiger partial charge in [0.2, 0.25) is 0 Å². The number of rotatable bonds is 10. The Morgan fingerprint density at radius 3 is 2.41 bits per heavy atom. The summed E-state index contributed by atoms with van der Waals surface area (Å²) in [5.41, 5.74) is 1.11. The van der Waals surface area contributed by atoms with Gasteiger partial charge in [-0.05, 0) is 61.2 Å². The van der Waals surface area contributed by atoms with Crippen molar-refractivity contribution in [3.8, 4) is 17.2 Å². The zero-order valence-corrected chi connectivity index (χ0v) is 16.0. The Morgan fingerprint density at radius 2 is 1.78 bits per heavy atom. The Morgan fingerprint density at radius 1 is 1.07 bits per heavy atom. The van der Waals surface area contributed by atoms with Gasteiger partial charge in [0.15, 0.2) is 17.6 Å². The highest BCUT2D eigenvalue weighted by molar-refractivity contribution is 5.81. The van der Waals surface area contributed by atoms with Gasteiger partial charge in [0.25, 0.3) is 5.91 Å². The Labute approximate surface area is 159 Å². The van der Waals surface area contributed by atoms with E-state index in [1.807, 2.05) is 25.1 Å². The van der Waals surface area contributed by atoms with Crippen molar-refractivity contribution in [3.63, 3.8) is 0 Å². The summed E-state index contributed by atoms with van der Waals surface area (Å²) < 4.78 is 29.1. The number of methoxy groups -OCH3 is 2. The molecule has 0 fully saturated rings. The lowest BCUT2D eigenvalue weighted by Gasteiger charge is -2.17. The maximum atomic E-state index is 13.0. The van der Waals surface area contributed by atoms with Crippen molar-refractivity contribution in [2.75, 3.05) is 20.8 Å². The Bertz CT molecular complexity index is 733. The summed E-state index contributed by atoms with van der Waals surface area (Å²) in [6.07, 6.45) is 1.51. The third-order valence-corrected chi connectivity index (χ3v) is 4.14. The van der Waals surface area contributed by atoms with E-state index in [2.05, 4.69) is 5.32 Å². The van der Waals surface area contributed by atoms with Crippen molar-refractivity contribution in [3.05, 3.63) is 53.8 Å². The van der Waals surface area contributed by atoms with Crippen molar-refractivity contribution in [1.29, 1.82) is 0 Å². The molecular formula is C21H26FNO4. The van der Waals surface area contributed by atoms with Crippen LogP contribution >= 0.6 is 0 Å². The fourth-order valence-corrected chi connectivity index (χ4v) is 2.65. The molecule has 27 heavy (non-hydrogen) atoms. The maximum Gasteiger partial charge on any atom is 0.261 e. The van der Waals surface area contributed by atoms with E-state index in [0.29, 0.717) is 30.2 Å². The van der Waals surface area contributed by atoms with Crippen LogP contribution < -0.4 is 19.5 Å². The molecule has 0 spiro atoms. The van der Waals surface area contributed by atoms with Crippen LogP contribution in [0.3, 0.4) is 0 Å². The van der Waals surface area contributed by atoms with E-state index in [0.717, 1.165) is 18.4 Å². The molecule has 0 saturated heterocycles. The van der Waals surface area contributed by atoms with E-state index in [1.54, 1.807) is 14.2 Å². The summed E-state index contributed by atoms with van der Waals surface area (Å²) in [5, 5.41) is 2.89. The normalized spacial score (nSPS) is 11.6. The highest BCUT2D eigenvalue weighted by Crippen LogP contribution is 2.27. The predicted molar refractivity (Wildman–Crippen MR) is 102 cm³/mol. The number of carbonyl (C=O) groups excluding carboxylic acids is 1. The third kappa shape index (κ3) is 6.16. The van der Waals surface area contributed by atoms with Crippen molar-refractivity contribution >= 4 is 5.91 Å². The number of nitrogens with one attached hydrogen (secondary N) is 1. The number of hydrogen-bond donors (Lipinski definition) is 1. The van der Waals surface area contributed by atoms with E-state index in [9.17, 15) is 9.18 Å². The van der Waals surface area contributed by atoms with Crippen molar-refractivity contribution < 1.29 is 23.4 Å². The number of aryl methyl sites for hydroxylation is 1. The van der Waals surface area contributed by atoms with Gasteiger partial charge >= 0.3 is 0 Å². The van der Waals surface area contributed by atoms with E-state index < -0.39 is 6.10 Å². The fourth-order valence-electron chi connectivity index (χ4n) is 2.65. The number of carbonyl (C=O) groups is 1. The largest absolute Gasteiger partial charge is 0.493 e. The molecule has 1 N–H and O–H groups in total. The molecule has 146 valence electrons. The van der Waals surface area contributed by atoms with Gasteiger partial charge in [0, 0.05) is 6.54 Å². The Kier molecular flexibility index (Phi) is 7.92. The van der Waals surface area contributed by atoms with Crippen LogP contribution in [0.2, 0.25) is 0 Å². The summed E-state index contributed by atoms with van der Waals surface area (Å²) in [5.74, 6) is 1.35. The van der Waals surface area contributed by atoms with Gasteiger partial charge in [0.05, 0.1) is 14.2 Å². The summed E-state index contributed by atoms with van der Waals surface area (Å²) in [7, 11) is 3.21. The minimum absolute atomic E-state index is 0.172. The molecule has 2 rings (SSSR count). The molecule has 0 aromatic heterocycles. The number of benzene rings is 2. The zero-order valence-electron chi connectivity index (χ0n) is 16.0. The van der Waals surface area contributed by atoms with E-state index in [1.165, 1.54) is 24.3 Å². The molecule has 0 heterocycles. The van der Waals surface area contributed by atoms with Gasteiger partial charge in [-0.3, -0.25) is 4.79 Å². The van der Waals surface area contributed by atoms with Crippen LogP contribution in [0.25, 0.3) is 0 Å².